The van der Waals surface area contributed by atoms with E-state index in [9.17, 15) is 9.90 Å². The molecule has 2 fully saturated rings. The van der Waals surface area contributed by atoms with Crippen molar-refractivity contribution in [2.45, 2.75) is 70.6 Å². The van der Waals surface area contributed by atoms with E-state index >= 15 is 0 Å². The molecule has 2 aromatic rings. The number of aliphatic hydroxyl groups is 1. The predicted molar refractivity (Wildman–Crippen MR) is 154 cm³/mol. The van der Waals surface area contributed by atoms with Crippen molar-refractivity contribution < 1.29 is 28.8 Å². The Kier molecular flexibility index (Phi) is 11.0. The molecule has 5 atom stereocenters. The van der Waals surface area contributed by atoms with E-state index in [1.807, 2.05) is 54.6 Å². The van der Waals surface area contributed by atoms with E-state index in [2.05, 4.69) is 30.1 Å². The third-order valence-corrected chi connectivity index (χ3v) is 7.89. The van der Waals surface area contributed by atoms with Crippen molar-refractivity contribution in [1.29, 1.82) is 5.26 Å². The number of nitrogens with zero attached hydrogens (tertiary/aromatic N) is 2. The number of rotatable bonds is 14. The maximum absolute atomic E-state index is 13.1. The Labute approximate surface area is 243 Å². The van der Waals surface area contributed by atoms with Gasteiger partial charge in [0.2, 0.25) is 0 Å². The highest BCUT2D eigenvalue weighted by atomic mass is 16.7. The van der Waals surface area contributed by atoms with Crippen LogP contribution in [0.15, 0.2) is 54.6 Å². The lowest BCUT2D eigenvalue weighted by molar-refractivity contribution is -0.0907. The molecule has 9 nitrogen and oxygen atoms in total. The molecule has 2 N–H and O–H groups in total. The summed E-state index contributed by atoms with van der Waals surface area (Å²) in [7, 11) is 1.64. The molecule has 2 aliphatic heterocycles. The highest BCUT2D eigenvalue weighted by Crippen LogP contribution is 2.33. The zero-order valence-corrected chi connectivity index (χ0v) is 24.3. The summed E-state index contributed by atoms with van der Waals surface area (Å²) in [5, 5.41) is 23.7. The highest BCUT2D eigenvalue weighted by molar-refractivity contribution is 5.68. The number of nitriles is 1. The molecule has 9 heteroatoms. The number of carbonyl (C=O) groups excluding carboxylic acids is 1. The van der Waals surface area contributed by atoms with Gasteiger partial charge in [-0.25, -0.2) is 4.79 Å². The molecule has 41 heavy (non-hydrogen) atoms. The van der Waals surface area contributed by atoms with Gasteiger partial charge in [0.15, 0.2) is 6.29 Å². The first kappa shape index (κ1) is 30.8. The van der Waals surface area contributed by atoms with Crippen LogP contribution in [-0.2, 0) is 27.2 Å². The second-order valence-corrected chi connectivity index (χ2v) is 11.8. The second-order valence-electron chi connectivity index (χ2n) is 11.8. The molecule has 0 aliphatic carbocycles. The van der Waals surface area contributed by atoms with E-state index in [-0.39, 0.29) is 23.7 Å². The Morgan fingerprint density at radius 1 is 1.17 bits per heavy atom. The van der Waals surface area contributed by atoms with E-state index in [1.54, 1.807) is 7.11 Å². The van der Waals surface area contributed by atoms with Gasteiger partial charge < -0.3 is 29.4 Å². The smallest absolute Gasteiger partial charge is 0.407 e. The van der Waals surface area contributed by atoms with E-state index in [1.165, 1.54) is 0 Å². The van der Waals surface area contributed by atoms with Gasteiger partial charge in [0.25, 0.3) is 0 Å². The van der Waals surface area contributed by atoms with Crippen LogP contribution < -0.4 is 10.1 Å². The van der Waals surface area contributed by atoms with Crippen LogP contribution in [0.2, 0.25) is 0 Å². The number of hydrogen-bond donors (Lipinski definition) is 2. The number of carbonyl (C=O) groups is 1. The van der Waals surface area contributed by atoms with E-state index in [0.717, 1.165) is 29.7 Å². The summed E-state index contributed by atoms with van der Waals surface area (Å²) in [6.45, 7) is 6.77. The lowest BCUT2D eigenvalue weighted by atomic mass is 9.87. The molecule has 0 aromatic heterocycles. The average molecular weight is 566 g/mol. The van der Waals surface area contributed by atoms with Crippen LogP contribution in [-0.4, -0.2) is 74.1 Å². The summed E-state index contributed by atoms with van der Waals surface area (Å²) in [6.07, 6.45) is 0.318. The van der Waals surface area contributed by atoms with Crippen molar-refractivity contribution >= 4 is 6.09 Å². The minimum absolute atomic E-state index is 0.0360. The molecular weight excluding hydrogens is 522 g/mol. The molecule has 1 amide bonds. The van der Waals surface area contributed by atoms with Gasteiger partial charge in [-0.05, 0) is 47.9 Å². The van der Waals surface area contributed by atoms with Crippen molar-refractivity contribution in [3.05, 3.63) is 65.7 Å². The van der Waals surface area contributed by atoms with Gasteiger partial charge >= 0.3 is 6.09 Å². The number of ether oxygens (including phenoxy) is 4. The van der Waals surface area contributed by atoms with E-state index in [0.29, 0.717) is 45.7 Å². The van der Waals surface area contributed by atoms with Gasteiger partial charge in [-0.2, -0.15) is 5.26 Å². The maximum Gasteiger partial charge on any atom is 0.407 e. The fraction of sp³-hybridized carbons (Fsp3) is 0.562. The second kappa shape index (κ2) is 14.6. The lowest BCUT2D eigenvalue weighted by Crippen LogP contribution is -2.51. The summed E-state index contributed by atoms with van der Waals surface area (Å²) in [4.78, 5) is 15.3. The standard InChI is InChI=1S/C32H43N3O6/c1-32(2,15-7-16-33)22-35(19-24-10-12-25(38-3)13-11-24)20-28(36)27(18-23-8-5-4-6-9-23)34-31(37)41-29-21-40-30-26(29)14-17-39-30/h4-6,8-13,26-30,36H,7,14-15,17-22H2,1-3H3,(H,34,37)/t26?,27-,28?,29?,30?/m0/s1. The van der Waals surface area contributed by atoms with Gasteiger partial charge in [0.05, 0.1) is 44.5 Å². The third-order valence-electron chi connectivity index (χ3n) is 7.89. The van der Waals surface area contributed by atoms with Crippen LogP contribution >= 0.6 is 0 Å². The SMILES string of the molecule is COc1ccc(CN(CC(O)[C@H](Cc2ccccc2)NC(=O)OC2COC3OCCC23)CC(C)(C)CCC#N)cc1. The normalized spacial score (nSPS) is 21.6. The van der Waals surface area contributed by atoms with Crippen molar-refractivity contribution in [2.24, 2.45) is 11.3 Å². The Hall–Kier alpha value is -3.16. The van der Waals surface area contributed by atoms with Crippen LogP contribution in [0.3, 0.4) is 0 Å². The largest absolute Gasteiger partial charge is 0.497 e. The minimum atomic E-state index is -0.879. The molecule has 0 radical (unpaired) electrons. The van der Waals surface area contributed by atoms with Crippen molar-refractivity contribution in [2.75, 3.05) is 33.4 Å². The molecule has 0 bridgehead atoms. The maximum atomic E-state index is 13.1. The summed E-state index contributed by atoms with van der Waals surface area (Å²) in [5.74, 6) is 0.817. The van der Waals surface area contributed by atoms with Gasteiger partial charge in [0.1, 0.15) is 11.9 Å². The Morgan fingerprint density at radius 2 is 1.93 bits per heavy atom. The number of hydrogen-bond acceptors (Lipinski definition) is 8. The number of nitrogens with one attached hydrogen (secondary N) is 1. The topological polar surface area (TPSA) is 113 Å². The first-order valence-electron chi connectivity index (χ1n) is 14.4. The van der Waals surface area contributed by atoms with Crippen molar-refractivity contribution in [1.82, 2.24) is 10.2 Å². The van der Waals surface area contributed by atoms with Crippen LogP contribution in [0.1, 0.15) is 44.2 Å². The van der Waals surface area contributed by atoms with Crippen LogP contribution in [0.25, 0.3) is 0 Å². The van der Waals surface area contributed by atoms with E-state index < -0.39 is 18.2 Å². The van der Waals surface area contributed by atoms with Crippen LogP contribution in [0, 0.1) is 22.7 Å². The Bertz CT molecular complexity index is 1140. The monoisotopic (exact) mass is 565 g/mol. The zero-order chi connectivity index (χ0) is 29.2. The first-order valence-corrected chi connectivity index (χ1v) is 14.4. The number of alkyl carbamates (subject to hydrolysis) is 1. The van der Waals surface area contributed by atoms with Crippen LogP contribution in [0.4, 0.5) is 4.79 Å². The van der Waals surface area contributed by atoms with Gasteiger partial charge in [-0.1, -0.05) is 56.3 Å². The quantitative estimate of drug-likeness (QED) is 0.349. The highest BCUT2D eigenvalue weighted by Gasteiger charge is 2.44. The number of methoxy groups -OCH3 is 1. The molecule has 2 heterocycles. The number of amides is 1. The van der Waals surface area contributed by atoms with Gasteiger partial charge in [-0.15, -0.1) is 0 Å². The molecule has 4 unspecified atom stereocenters. The molecular formula is C32H43N3O6. The molecule has 2 aliphatic rings. The summed E-state index contributed by atoms with van der Waals surface area (Å²) in [5.41, 5.74) is 1.93. The fourth-order valence-corrected chi connectivity index (χ4v) is 5.67. The summed E-state index contributed by atoms with van der Waals surface area (Å²) >= 11 is 0. The first-order chi connectivity index (χ1) is 19.8. The van der Waals surface area contributed by atoms with Crippen LogP contribution in [0.5, 0.6) is 5.75 Å². The summed E-state index contributed by atoms with van der Waals surface area (Å²) in [6, 6.07) is 19.3. The Balaban J connectivity index is 1.47. The van der Waals surface area contributed by atoms with Crippen molar-refractivity contribution in [3.63, 3.8) is 0 Å². The molecule has 0 saturated carbocycles. The fourth-order valence-electron chi connectivity index (χ4n) is 5.67. The van der Waals surface area contributed by atoms with E-state index in [4.69, 9.17) is 24.2 Å². The number of benzene rings is 2. The van der Waals surface area contributed by atoms with Gasteiger partial charge in [0, 0.05) is 26.1 Å². The third kappa shape index (κ3) is 9.17. The van der Waals surface area contributed by atoms with Crippen molar-refractivity contribution in [3.8, 4) is 11.8 Å². The number of aliphatic hydroxyl groups excluding tert-OH is 1. The zero-order valence-electron chi connectivity index (χ0n) is 24.3. The molecule has 222 valence electrons. The molecule has 2 saturated heterocycles. The predicted octanol–water partition coefficient (Wildman–Crippen LogP) is 4.29. The summed E-state index contributed by atoms with van der Waals surface area (Å²) < 4.78 is 22.3. The molecule has 0 spiro atoms. The lowest BCUT2D eigenvalue weighted by Gasteiger charge is -2.35. The molecule has 2 aromatic carbocycles. The minimum Gasteiger partial charge on any atom is -0.497 e. The van der Waals surface area contributed by atoms with Gasteiger partial charge in [-0.3, -0.25) is 4.90 Å². The number of fused-ring (bicyclic) bond motifs is 1. The average Bonchev–Trinajstić information content (AvgIpc) is 3.57. The molecule has 4 rings (SSSR count). The Morgan fingerprint density at radius 3 is 2.63 bits per heavy atom.